The number of phenols is 1. The van der Waals surface area contributed by atoms with E-state index in [1.165, 1.54) is 4.68 Å². The molecule has 3 aromatic rings. The number of allylic oxidation sites excluding steroid dienone is 2. The molecule has 1 aliphatic carbocycles. The second-order valence-electron chi connectivity index (χ2n) is 9.43. The van der Waals surface area contributed by atoms with Crippen molar-refractivity contribution >= 4 is 11.6 Å². The minimum atomic E-state index is -0.588. The number of carbonyl (C=O) groups is 1. The lowest BCUT2D eigenvalue weighted by Gasteiger charge is -2.37. The number of H-pyrrole nitrogens is 1. The molecule has 0 spiro atoms. The number of Topliss-reactive ketones (excluding diaryl/α,β-unsaturated/α-hetero) is 1. The second-order valence-corrected chi connectivity index (χ2v) is 9.43. The summed E-state index contributed by atoms with van der Waals surface area (Å²) in [5.41, 5.74) is 2.85. The van der Waals surface area contributed by atoms with Crippen molar-refractivity contribution in [3.8, 4) is 17.2 Å². The predicted molar refractivity (Wildman–Crippen MR) is 126 cm³/mol. The van der Waals surface area contributed by atoms with Gasteiger partial charge in [0.1, 0.15) is 5.82 Å². The third kappa shape index (κ3) is 3.53. The van der Waals surface area contributed by atoms with Crippen LogP contribution in [-0.4, -0.2) is 27.3 Å². The number of fused-ring (bicyclic) bond motifs is 1. The van der Waals surface area contributed by atoms with Gasteiger partial charge in [-0.3, -0.25) is 14.7 Å². The monoisotopic (exact) mass is 445 g/mol. The van der Waals surface area contributed by atoms with Gasteiger partial charge in [0.25, 0.3) is 5.56 Å². The molecule has 2 aromatic carbocycles. The zero-order valence-corrected chi connectivity index (χ0v) is 18.9. The summed E-state index contributed by atoms with van der Waals surface area (Å²) in [5.74, 6) is 0.363. The van der Waals surface area contributed by atoms with Gasteiger partial charge < -0.3 is 15.2 Å². The van der Waals surface area contributed by atoms with Gasteiger partial charge in [-0.25, -0.2) is 4.68 Å². The number of phenolic OH excluding ortho intramolecular Hbond substituents is 1. The molecule has 1 aromatic heterocycles. The smallest absolute Gasteiger partial charge is 0.277 e. The van der Waals surface area contributed by atoms with Crippen molar-refractivity contribution < 1.29 is 14.6 Å². The predicted octanol–water partition coefficient (Wildman–Crippen LogP) is 4.47. The van der Waals surface area contributed by atoms with Crippen molar-refractivity contribution in [1.82, 2.24) is 9.78 Å². The largest absolute Gasteiger partial charge is 0.504 e. The quantitative estimate of drug-likeness (QED) is 0.551. The van der Waals surface area contributed by atoms with Crippen LogP contribution in [0.15, 0.2) is 64.6 Å². The lowest BCUT2D eigenvalue weighted by molar-refractivity contribution is -0.118. The van der Waals surface area contributed by atoms with Crippen LogP contribution >= 0.6 is 0 Å². The fourth-order valence-electron chi connectivity index (χ4n) is 4.97. The molecule has 1 unspecified atom stereocenters. The molecule has 2 heterocycles. The topological polar surface area (TPSA) is 96.4 Å². The number of benzene rings is 2. The van der Waals surface area contributed by atoms with E-state index in [1.807, 2.05) is 43.3 Å². The third-order valence-electron chi connectivity index (χ3n) is 6.33. The van der Waals surface area contributed by atoms with Crippen LogP contribution in [0, 0.1) is 5.41 Å². The number of aromatic nitrogens is 2. The maximum atomic E-state index is 13.6. The first kappa shape index (κ1) is 21.1. The van der Waals surface area contributed by atoms with E-state index < -0.39 is 5.92 Å². The summed E-state index contributed by atoms with van der Waals surface area (Å²) in [7, 11) is 0. The molecule has 0 radical (unpaired) electrons. The molecule has 0 amide bonds. The molecule has 0 bridgehead atoms. The fourth-order valence-corrected chi connectivity index (χ4v) is 4.97. The van der Waals surface area contributed by atoms with Crippen LogP contribution in [0.1, 0.15) is 50.7 Å². The average molecular weight is 446 g/mol. The van der Waals surface area contributed by atoms with E-state index in [9.17, 15) is 14.7 Å². The molecule has 7 nitrogen and oxygen atoms in total. The Bertz CT molecular complexity index is 1330. The van der Waals surface area contributed by atoms with Gasteiger partial charge in [-0.1, -0.05) is 38.1 Å². The summed E-state index contributed by atoms with van der Waals surface area (Å²) in [5, 5.41) is 17.1. The number of ketones is 1. The second kappa shape index (κ2) is 7.69. The van der Waals surface area contributed by atoms with E-state index >= 15 is 0 Å². The van der Waals surface area contributed by atoms with Gasteiger partial charge in [0.15, 0.2) is 17.3 Å². The molecule has 7 heteroatoms. The van der Waals surface area contributed by atoms with Crippen LogP contribution in [0.5, 0.6) is 11.5 Å². The first-order valence-electron chi connectivity index (χ1n) is 11.2. The lowest BCUT2D eigenvalue weighted by Crippen LogP contribution is -2.35. The molecule has 1 atom stereocenters. The number of nitrogens with one attached hydrogen (secondary N) is 2. The number of ether oxygens (including phenoxy) is 1. The minimum Gasteiger partial charge on any atom is -0.504 e. The molecule has 0 saturated heterocycles. The zero-order chi connectivity index (χ0) is 23.3. The fraction of sp³-hybridized carbons (Fsp3) is 0.308. The van der Waals surface area contributed by atoms with Crippen molar-refractivity contribution in [2.75, 3.05) is 11.9 Å². The van der Waals surface area contributed by atoms with Gasteiger partial charge in [-0.05, 0) is 48.6 Å². The number of aromatic hydroxyl groups is 1. The minimum absolute atomic E-state index is 0.0147. The summed E-state index contributed by atoms with van der Waals surface area (Å²) in [6.45, 7) is 6.41. The van der Waals surface area contributed by atoms with Crippen LogP contribution in [-0.2, 0) is 4.79 Å². The Labute approximate surface area is 191 Å². The molecule has 0 saturated carbocycles. The zero-order valence-electron chi connectivity index (χ0n) is 18.9. The number of aromatic amines is 1. The number of carbonyl (C=O) groups excluding carboxylic acids is 1. The first-order chi connectivity index (χ1) is 15.8. The molecule has 2 aliphatic rings. The van der Waals surface area contributed by atoms with E-state index in [0.717, 1.165) is 5.70 Å². The molecular weight excluding hydrogens is 418 g/mol. The van der Waals surface area contributed by atoms with Crippen molar-refractivity contribution in [2.45, 2.75) is 39.5 Å². The number of hydrogen-bond acceptors (Lipinski definition) is 5. The molecule has 5 rings (SSSR count). The first-order valence-corrected chi connectivity index (χ1v) is 11.2. The van der Waals surface area contributed by atoms with Crippen LogP contribution in [0.2, 0.25) is 0 Å². The summed E-state index contributed by atoms with van der Waals surface area (Å²) in [6.07, 6.45) is 1.09. The van der Waals surface area contributed by atoms with E-state index in [4.69, 9.17) is 4.74 Å². The standard InChI is InChI=1S/C26H27N3O4/c1-4-33-20-11-10-15(12-18(20)30)21-22-17(13-26(2,3)14-19(22)31)27-24-23(21)25(32)29(28-24)16-8-6-5-7-9-16/h5-12,21,27-28,30H,4,13-14H2,1-3H3. The molecule has 170 valence electrons. The van der Waals surface area contributed by atoms with Crippen LogP contribution in [0.4, 0.5) is 5.82 Å². The number of para-hydroxylation sites is 1. The number of rotatable bonds is 4. The molecule has 33 heavy (non-hydrogen) atoms. The highest BCUT2D eigenvalue weighted by Gasteiger charge is 2.43. The van der Waals surface area contributed by atoms with Crippen molar-refractivity contribution in [3.05, 3.63) is 81.3 Å². The molecule has 1 aliphatic heterocycles. The Hall–Kier alpha value is -3.74. The highest BCUT2D eigenvalue weighted by atomic mass is 16.5. The maximum Gasteiger partial charge on any atom is 0.277 e. The summed E-state index contributed by atoms with van der Waals surface area (Å²) in [4.78, 5) is 27.0. The van der Waals surface area contributed by atoms with Gasteiger partial charge in [-0.2, -0.15) is 0 Å². The average Bonchev–Trinajstić information content (AvgIpc) is 3.09. The Balaban J connectivity index is 1.72. The van der Waals surface area contributed by atoms with E-state index in [1.54, 1.807) is 12.1 Å². The van der Waals surface area contributed by atoms with Gasteiger partial charge in [-0.15, -0.1) is 0 Å². The summed E-state index contributed by atoms with van der Waals surface area (Å²) < 4.78 is 6.97. The molecule has 3 N–H and O–H groups in total. The van der Waals surface area contributed by atoms with Crippen molar-refractivity contribution in [3.63, 3.8) is 0 Å². The SMILES string of the molecule is CCOc1ccc(C2C3=C(CC(C)(C)CC3=O)Nc3[nH]n(-c4ccccc4)c(=O)c32)cc1O. The number of hydrogen-bond donors (Lipinski definition) is 3. The van der Waals surface area contributed by atoms with Crippen LogP contribution in [0.3, 0.4) is 0 Å². The molecular formula is C26H27N3O4. The van der Waals surface area contributed by atoms with E-state index in [2.05, 4.69) is 24.3 Å². The Morgan fingerprint density at radius 1 is 1.12 bits per heavy atom. The highest BCUT2D eigenvalue weighted by molar-refractivity contribution is 6.01. The maximum absolute atomic E-state index is 13.6. The van der Waals surface area contributed by atoms with E-state index in [0.29, 0.717) is 53.4 Å². The van der Waals surface area contributed by atoms with Gasteiger partial charge in [0.05, 0.1) is 17.9 Å². The van der Waals surface area contributed by atoms with Gasteiger partial charge in [0, 0.05) is 23.6 Å². The molecule has 0 fully saturated rings. The third-order valence-corrected chi connectivity index (χ3v) is 6.33. The summed E-state index contributed by atoms with van der Waals surface area (Å²) in [6, 6.07) is 14.4. The highest BCUT2D eigenvalue weighted by Crippen LogP contribution is 2.48. The number of nitrogens with zero attached hydrogens (tertiary/aromatic N) is 1. The van der Waals surface area contributed by atoms with E-state index in [-0.39, 0.29) is 22.5 Å². The van der Waals surface area contributed by atoms with Crippen LogP contribution < -0.4 is 15.6 Å². The number of anilines is 1. The van der Waals surface area contributed by atoms with Crippen molar-refractivity contribution in [1.29, 1.82) is 0 Å². The normalized spacial score (nSPS) is 19.0. The summed E-state index contributed by atoms with van der Waals surface area (Å²) >= 11 is 0. The lowest BCUT2D eigenvalue weighted by atomic mass is 9.69. The van der Waals surface area contributed by atoms with Crippen LogP contribution in [0.25, 0.3) is 5.69 Å². The Morgan fingerprint density at radius 2 is 1.88 bits per heavy atom. The van der Waals surface area contributed by atoms with Gasteiger partial charge in [0.2, 0.25) is 0 Å². The van der Waals surface area contributed by atoms with Gasteiger partial charge >= 0.3 is 0 Å². The Kier molecular flexibility index (Phi) is 4.92. The van der Waals surface area contributed by atoms with Crippen molar-refractivity contribution in [2.24, 2.45) is 5.41 Å². The Morgan fingerprint density at radius 3 is 2.58 bits per heavy atom.